The first kappa shape index (κ1) is 14.3. The molecule has 0 aliphatic carbocycles. The Hall–Kier alpha value is -2.07. The van der Waals surface area contributed by atoms with Crippen molar-refractivity contribution in [1.82, 2.24) is 4.98 Å². The van der Waals surface area contributed by atoms with Crippen molar-refractivity contribution in [3.8, 4) is 0 Å². The first-order valence-corrected chi connectivity index (χ1v) is 6.55. The second kappa shape index (κ2) is 5.92. The molecule has 0 radical (unpaired) electrons. The maximum atomic E-state index is 12.2. The summed E-state index contributed by atoms with van der Waals surface area (Å²) in [4.78, 5) is 18.1. The number of hydrogen-bond donors (Lipinski definition) is 1. The lowest BCUT2D eigenvalue weighted by Crippen LogP contribution is -2.14. The molecule has 0 saturated carbocycles. The summed E-state index contributed by atoms with van der Waals surface area (Å²) < 4.78 is 0. The number of amides is 1. The van der Waals surface area contributed by atoms with E-state index in [1.54, 1.807) is 12.3 Å². The maximum absolute atomic E-state index is 12.2. The summed E-state index contributed by atoms with van der Waals surface area (Å²) in [6, 6.07) is 7.36. The summed E-state index contributed by atoms with van der Waals surface area (Å²) in [5.74, 6) is -0.267. The molecule has 20 heavy (non-hydrogen) atoms. The van der Waals surface area contributed by atoms with E-state index in [2.05, 4.69) is 10.3 Å². The van der Waals surface area contributed by atoms with Gasteiger partial charge in [-0.3, -0.25) is 9.78 Å². The van der Waals surface area contributed by atoms with Crippen molar-refractivity contribution in [3.05, 3.63) is 52.8 Å². The molecular formula is C15H16ClN3O. The maximum Gasteiger partial charge on any atom is 0.258 e. The topological polar surface area (TPSA) is 45.2 Å². The molecule has 0 bridgehead atoms. The van der Waals surface area contributed by atoms with Crippen molar-refractivity contribution in [2.75, 3.05) is 24.3 Å². The smallest absolute Gasteiger partial charge is 0.258 e. The summed E-state index contributed by atoms with van der Waals surface area (Å²) in [5.41, 5.74) is 3.29. The molecule has 0 aliphatic heterocycles. The zero-order valence-electron chi connectivity index (χ0n) is 11.6. The first-order chi connectivity index (χ1) is 9.49. The average molecular weight is 290 g/mol. The molecule has 0 fully saturated rings. The normalized spacial score (nSPS) is 10.2. The van der Waals surface area contributed by atoms with Crippen LogP contribution in [0.25, 0.3) is 0 Å². The number of pyridine rings is 1. The number of carbonyl (C=O) groups excluding carboxylic acids is 1. The fraction of sp³-hybridized carbons (Fsp3) is 0.200. The number of hydrogen-bond acceptors (Lipinski definition) is 3. The van der Waals surface area contributed by atoms with Crippen molar-refractivity contribution in [2.24, 2.45) is 0 Å². The van der Waals surface area contributed by atoms with E-state index in [0.29, 0.717) is 10.6 Å². The van der Waals surface area contributed by atoms with Gasteiger partial charge in [0.25, 0.3) is 5.91 Å². The number of nitrogens with zero attached hydrogens (tertiary/aromatic N) is 2. The van der Waals surface area contributed by atoms with Gasteiger partial charge in [-0.15, -0.1) is 0 Å². The highest BCUT2D eigenvalue weighted by atomic mass is 35.5. The predicted molar refractivity (Wildman–Crippen MR) is 82.7 cm³/mol. The van der Waals surface area contributed by atoms with Crippen LogP contribution in [0.4, 0.5) is 11.4 Å². The monoisotopic (exact) mass is 289 g/mol. The van der Waals surface area contributed by atoms with Crippen LogP contribution in [-0.2, 0) is 0 Å². The molecule has 0 saturated heterocycles. The van der Waals surface area contributed by atoms with Crippen molar-refractivity contribution < 1.29 is 4.79 Å². The Labute approximate surface area is 123 Å². The Morgan fingerprint density at radius 2 is 2.05 bits per heavy atom. The highest BCUT2D eigenvalue weighted by molar-refractivity contribution is 6.34. The molecule has 0 spiro atoms. The molecule has 1 amide bonds. The van der Waals surface area contributed by atoms with Gasteiger partial charge in [-0.1, -0.05) is 17.7 Å². The van der Waals surface area contributed by atoms with Crippen LogP contribution in [0.15, 0.2) is 36.7 Å². The molecule has 0 unspecified atom stereocenters. The zero-order chi connectivity index (χ0) is 14.7. The van der Waals surface area contributed by atoms with Gasteiger partial charge in [-0.05, 0) is 30.7 Å². The minimum atomic E-state index is -0.267. The molecule has 104 valence electrons. The lowest BCUT2D eigenvalue weighted by atomic mass is 10.1. The van der Waals surface area contributed by atoms with E-state index in [1.165, 1.54) is 6.20 Å². The molecule has 4 nitrogen and oxygen atoms in total. The van der Waals surface area contributed by atoms with Crippen LogP contribution in [0, 0.1) is 6.92 Å². The molecule has 1 N–H and O–H groups in total. The number of rotatable bonds is 3. The largest absolute Gasteiger partial charge is 0.377 e. The number of aromatic nitrogens is 1. The molecule has 2 aromatic rings. The number of nitrogens with one attached hydrogen (secondary N) is 1. The highest BCUT2D eigenvalue weighted by Crippen LogP contribution is 2.23. The van der Waals surface area contributed by atoms with Gasteiger partial charge >= 0.3 is 0 Å². The Kier molecular flexibility index (Phi) is 4.25. The van der Waals surface area contributed by atoms with Crippen LogP contribution in [0.2, 0.25) is 5.02 Å². The number of benzene rings is 1. The first-order valence-electron chi connectivity index (χ1n) is 6.18. The van der Waals surface area contributed by atoms with Gasteiger partial charge in [-0.2, -0.15) is 0 Å². The Morgan fingerprint density at radius 1 is 1.30 bits per heavy atom. The van der Waals surface area contributed by atoms with E-state index in [9.17, 15) is 4.79 Å². The van der Waals surface area contributed by atoms with E-state index in [-0.39, 0.29) is 5.91 Å². The molecule has 0 atom stereocenters. The minimum Gasteiger partial charge on any atom is -0.377 e. The molecule has 0 aliphatic rings. The van der Waals surface area contributed by atoms with Gasteiger partial charge in [0.2, 0.25) is 0 Å². The number of anilines is 2. The number of aryl methyl sites for hydroxylation is 1. The molecule has 1 aromatic carbocycles. The third kappa shape index (κ3) is 3.08. The van der Waals surface area contributed by atoms with E-state index in [4.69, 9.17) is 11.6 Å². The van der Waals surface area contributed by atoms with Crippen LogP contribution in [-0.4, -0.2) is 25.0 Å². The lowest BCUT2D eigenvalue weighted by Gasteiger charge is -2.17. The van der Waals surface area contributed by atoms with Crippen molar-refractivity contribution in [3.63, 3.8) is 0 Å². The molecular weight excluding hydrogens is 274 g/mol. The zero-order valence-corrected chi connectivity index (χ0v) is 12.4. The molecule has 1 heterocycles. The lowest BCUT2D eigenvalue weighted by molar-refractivity contribution is 0.102. The van der Waals surface area contributed by atoms with Crippen LogP contribution in [0.5, 0.6) is 0 Å². The van der Waals surface area contributed by atoms with Crippen molar-refractivity contribution >= 4 is 28.9 Å². The van der Waals surface area contributed by atoms with Crippen LogP contribution in [0.3, 0.4) is 0 Å². The quantitative estimate of drug-likeness (QED) is 0.942. The third-order valence-corrected chi connectivity index (χ3v) is 3.29. The van der Waals surface area contributed by atoms with E-state index >= 15 is 0 Å². The van der Waals surface area contributed by atoms with Gasteiger partial charge in [-0.25, -0.2) is 0 Å². The number of carbonyl (C=O) groups is 1. The second-order valence-corrected chi connectivity index (χ2v) is 5.11. The van der Waals surface area contributed by atoms with Crippen molar-refractivity contribution in [2.45, 2.75) is 6.92 Å². The van der Waals surface area contributed by atoms with Gasteiger partial charge in [0.1, 0.15) is 0 Å². The predicted octanol–water partition coefficient (Wildman–Crippen LogP) is 3.36. The summed E-state index contributed by atoms with van der Waals surface area (Å²) >= 11 is 5.98. The Balaban J connectivity index is 2.25. The van der Waals surface area contributed by atoms with Gasteiger partial charge in [0.15, 0.2) is 0 Å². The van der Waals surface area contributed by atoms with Gasteiger partial charge < -0.3 is 10.2 Å². The van der Waals surface area contributed by atoms with E-state index < -0.39 is 0 Å². The van der Waals surface area contributed by atoms with Gasteiger partial charge in [0, 0.05) is 37.9 Å². The third-order valence-electron chi connectivity index (χ3n) is 2.96. The molecule has 2 rings (SSSR count). The van der Waals surface area contributed by atoms with Crippen LogP contribution < -0.4 is 10.2 Å². The summed E-state index contributed by atoms with van der Waals surface area (Å²) in [7, 11) is 3.93. The fourth-order valence-corrected chi connectivity index (χ4v) is 2.10. The Bertz CT molecular complexity index is 641. The SMILES string of the molecule is Cc1ccc(NC(=O)c2cnccc2Cl)cc1N(C)C. The average Bonchev–Trinajstić information content (AvgIpc) is 2.41. The van der Waals surface area contributed by atoms with Crippen LogP contribution in [0.1, 0.15) is 15.9 Å². The molecule has 1 aromatic heterocycles. The number of halogens is 1. The second-order valence-electron chi connectivity index (χ2n) is 4.71. The molecule has 5 heteroatoms. The fourth-order valence-electron chi connectivity index (χ4n) is 1.91. The Morgan fingerprint density at radius 3 is 2.70 bits per heavy atom. The standard InChI is InChI=1S/C15H16ClN3O/c1-10-4-5-11(8-14(10)19(2)3)18-15(20)12-9-17-7-6-13(12)16/h4-9H,1-3H3,(H,18,20). The summed E-state index contributed by atoms with van der Waals surface area (Å²) in [5, 5.41) is 3.22. The van der Waals surface area contributed by atoms with E-state index in [0.717, 1.165) is 16.9 Å². The van der Waals surface area contributed by atoms with E-state index in [1.807, 2.05) is 44.1 Å². The summed E-state index contributed by atoms with van der Waals surface area (Å²) in [6.45, 7) is 2.03. The van der Waals surface area contributed by atoms with Crippen molar-refractivity contribution in [1.29, 1.82) is 0 Å². The van der Waals surface area contributed by atoms with Gasteiger partial charge in [0.05, 0.1) is 10.6 Å². The minimum absolute atomic E-state index is 0.267. The van der Waals surface area contributed by atoms with Crippen LogP contribution >= 0.6 is 11.6 Å². The summed E-state index contributed by atoms with van der Waals surface area (Å²) in [6.07, 6.45) is 3.01. The highest BCUT2D eigenvalue weighted by Gasteiger charge is 2.11.